The van der Waals surface area contributed by atoms with E-state index in [0.29, 0.717) is 11.4 Å². The molecule has 1 amide bonds. The quantitative estimate of drug-likeness (QED) is 0.678. The van der Waals surface area contributed by atoms with Crippen molar-refractivity contribution in [1.82, 2.24) is 9.78 Å². The predicted molar refractivity (Wildman–Crippen MR) is 94.6 cm³/mol. The van der Waals surface area contributed by atoms with Gasteiger partial charge in [-0.25, -0.2) is 4.79 Å². The minimum absolute atomic E-state index is 0.155. The van der Waals surface area contributed by atoms with Crippen molar-refractivity contribution < 1.29 is 22.7 Å². The van der Waals surface area contributed by atoms with Gasteiger partial charge in [0.25, 0.3) is 0 Å². The number of furan rings is 1. The van der Waals surface area contributed by atoms with Crippen LogP contribution in [0, 0.1) is 6.92 Å². The molecule has 0 aliphatic rings. The van der Waals surface area contributed by atoms with Gasteiger partial charge in [-0.1, -0.05) is 29.8 Å². The molecule has 1 N–H and O–H groups in total. The number of anilines is 1. The Morgan fingerprint density at radius 1 is 1.33 bits per heavy atom. The summed E-state index contributed by atoms with van der Waals surface area (Å²) in [7, 11) is 0. The maximum atomic E-state index is 13.2. The van der Waals surface area contributed by atoms with Crippen LogP contribution in [0.3, 0.4) is 0 Å². The first-order valence-electron chi connectivity index (χ1n) is 8.28. The van der Waals surface area contributed by atoms with Gasteiger partial charge in [0.1, 0.15) is 12.4 Å². The second kappa shape index (κ2) is 7.61. The SMILES string of the molecule is Cc1cccc(COC(=O)Nc2cnn(Cc3ccc(C(C)(F)F)o3)c2)c1. The molecule has 0 bridgehead atoms. The lowest BCUT2D eigenvalue weighted by molar-refractivity contribution is -0.00636. The molecule has 0 aliphatic carbocycles. The number of alkyl halides is 2. The van der Waals surface area contributed by atoms with Crippen LogP contribution in [0.2, 0.25) is 0 Å². The predicted octanol–water partition coefficient (Wildman–Crippen LogP) is 4.69. The molecule has 0 fully saturated rings. The van der Waals surface area contributed by atoms with Gasteiger partial charge >= 0.3 is 12.0 Å². The lowest BCUT2D eigenvalue weighted by Gasteiger charge is -2.06. The number of carbonyl (C=O) groups is 1. The Kier molecular flexibility index (Phi) is 5.25. The Bertz CT molecular complexity index is 928. The van der Waals surface area contributed by atoms with Crippen molar-refractivity contribution in [3.05, 3.63) is 71.4 Å². The summed E-state index contributed by atoms with van der Waals surface area (Å²) in [6.07, 6.45) is 2.38. The molecule has 0 saturated carbocycles. The number of nitrogens with one attached hydrogen (secondary N) is 1. The van der Waals surface area contributed by atoms with E-state index in [1.807, 2.05) is 31.2 Å². The molecule has 0 aliphatic heterocycles. The van der Waals surface area contributed by atoms with Crippen LogP contribution in [0.15, 0.2) is 53.2 Å². The van der Waals surface area contributed by atoms with Crippen molar-refractivity contribution >= 4 is 11.8 Å². The second-order valence-corrected chi connectivity index (χ2v) is 6.27. The molecule has 6 nitrogen and oxygen atoms in total. The van der Waals surface area contributed by atoms with Crippen LogP contribution < -0.4 is 5.32 Å². The lowest BCUT2D eigenvalue weighted by Crippen LogP contribution is -2.13. The number of aryl methyl sites for hydroxylation is 1. The highest BCUT2D eigenvalue weighted by molar-refractivity contribution is 5.84. The average molecular weight is 375 g/mol. The summed E-state index contributed by atoms with van der Waals surface area (Å²) < 4.78 is 38.1. The third-order valence-corrected chi connectivity index (χ3v) is 3.74. The van der Waals surface area contributed by atoms with E-state index in [1.54, 1.807) is 6.20 Å². The zero-order valence-corrected chi connectivity index (χ0v) is 14.9. The lowest BCUT2D eigenvalue weighted by atomic mass is 10.1. The minimum Gasteiger partial charge on any atom is -0.458 e. The van der Waals surface area contributed by atoms with Gasteiger partial charge in [0.05, 0.1) is 18.4 Å². The van der Waals surface area contributed by atoms with Crippen LogP contribution in [0.5, 0.6) is 0 Å². The normalized spacial score (nSPS) is 11.4. The molecule has 0 unspecified atom stereocenters. The van der Waals surface area contributed by atoms with E-state index in [0.717, 1.165) is 18.1 Å². The fraction of sp³-hybridized carbons (Fsp3) is 0.263. The molecule has 142 valence electrons. The third-order valence-electron chi connectivity index (χ3n) is 3.74. The Morgan fingerprint density at radius 3 is 2.85 bits per heavy atom. The molecule has 0 radical (unpaired) electrons. The van der Waals surface area contributed by atoms with Gasteiger partial charge in [-0.3, -0.25) is 10.00 Å². The van der Waals surface area contributed by atoms with Gasteiger partial charge in [0.15, 0.2) is 5.76 Å². The van der Waals surface area contributed by atoms with E-state index in [-0.39, 0.29) is 13.2 Å². The molecular weight excluding hydrogens is 356 g/mol. The fourth-order valence-corrected chi connectivity index (χ4v) is 2.48. The van der Waals surface area contributed by atoms with Crippen LogP contribution in [0.1, 0.15) is 29.6 Å². The zero-order valence-electron chi connectivity index (χ0n) is 14.9. The van der Waals surface area contributed by atoms with E-state index in [2.05, 4.69) is 10.4 Å². The van der Waals surface area contributed by atoms with Crippen LogP contribution >= 0.6 is 0 Å². The van der Waals surface area contributed by atoms with Gasteiger partial charge in [-0.05, 0) is 24.6 Å². The first kappa shape index (κ1) is 18.6. The van der Waals surface area contributed by atoms with Gasteiger partial charge < -0.3 is 9.15 Å². The van der Waals surface area contributed by atoms with Crippen molar-refractivity contribution in [2.45, 2.75) is 32.9 Å². The van der Waals surface area contributed by atoms with Crippen molar-refractivity contribution in [2.24, 2.45) is 0 Å². The van der Waals surface area contributed by atoms with Gasteiger partial charge in [0, 0.05) is 13.1 Å². The fourth-order valence-electron chi connectivity index (χ4n) is 2.48. The minimum atomic E-state index is -3.03. The number of hydrogen-bond acceptors (Lipinski definition) is 4. The Morgan fingerprint density at radius 2 is 2.15 bits per heavy atom. The number of carbonyl (C=O) groups excluding carboxylic acids is 1. The zero-order chi connectivity index (χ0) is 19.4. The maximum Gasteiger partial charge on any atom is 0.412 e. The van der Waals surface area contributed by atoms with Crippen LogP contribution in [0.25, 0.3) is 0 Å². The van der Waals surface area contributed by atoms with Crippen molar-refractivity contribution in [1.29, 1.82) is 0 Å². The number of nitrogens with zero attached hydrogens (tertiary/aromatic N) is 2. The van der Waals surface area contributed by atoms with Crippen molar-refractivity contribution in [3.8, 4) is 0 Å². The molecule has 0 saturated heterocycles. The summed E-state index contributed by atoms with van der Waals surface area (Å²) in [6, 6.07) is 10.4. The number of halogens is 2. The van der Waals surface area contributed by atoms with E-state index in [1.165, 1.54) is 23.0 Å². The Balaban J connectivity index is 1.53. The average Bonchev–Trinajstić information content (AvgIpc) is 3.23. The molecular formula is C19H19F2N3O3. The van der Waals surface area contributed by atoms with E-state index < -0.39 is 17.8 Å². The Labute approximate surface area is 154 Å². The molecule has 3 aromatic rings. The van der Waals surface area contributed by atoms with Crippen LogP contribution in [0.4, 0.5) is 19.3 Å². The molecule has 0 atom stereocenters. The van der Waals surface area contributed by atoms with Crippen molar-refractivity contribution in [3.63, 3.8) is 0 Å². The Hall–Kier alpha value is -3.16. The highest BCUT2D eigenvalue weighted by atomic mass is 19.3. The monoisotopic (exact) mass is 375 g/mol. The number of aromatic nitrogens is 2. The first-order chi connectivity index (χ1) is 12.8. The summed E-state index contributed by atoms with van der Waals surface area (Å²) in [5, 5.41) is 6.63. The summed E-state index contributed by atoms with van der Waals surface area (Å²) in [4.78, 5) is 11.9. The molecule has 0 spiro atoms. The smallest absolute Gasteiger partial charge is 0.412 e. The molecule has 1 aromatic carbocycles. The summed E-state index contributed by atoms with van der Waals surface area (Å²) in [6.45, 7) is 3.05. The second-order valence-electron chi connectivity index (χ2n) is 6.27. The number of ether oxygens (including phenoxy) is 1. The molecule has 2 aromatic heterocycles. The first-order valence-corrected chi connectivity index (χ1v) is 8.28. The van der Waals surface area contributed by atoms with Crippen molar-refractivity contribution in [2.75, 3.05) is 5.32 Å². The van der Waals surface area contributed by atoms with Crippen LogP contribution in [-0.4, -0.2) is 15.9 Å². The maximum absolute atomic E-state index is 13.2. The molecule has 2 heterocycles. The van der Waals surface area contributed by atoms with Gasteiger partial charge in [-0.2, -0.15) is 13.9 Å². The van der Waals surface area contributed by atoms with E-state index >= 15 is 0 Å². The number of benzene rings is 1. The standard InChI is InChI=1S/C19H19F2N3O3/c1-13-4-3-5-14(8-13)12-26-18(25)23-15-9-22-24(10-15)11-16-6-7-17(27-16)19(2,20)21/h3-10H,11-12H2,1-2H3,(H,23,25). The largest absolute Gasteiger partial charge is 0.458 e. The molecule has 8 heteroatoms. The molecule has 3 rings (SSSR count). The van der Waals surface area contributed by atoms with E-state index in [9.17, 15) is 13.6 Å². The summed E-state index contributed by atoms with van der Waals surface area (Å²) >= 11 is 0. The number of rotatable bonds is 6. The highest BCUT2D eigenvalue weighted by Crippen LogP contribution is 2.28. The van der Waals surface area contributed by atoms with Gasteiger partial charge in [-0.15, -0.1) is 0 Å². The van der Waals surface area contributed by atoms with Gasteiger partial charge in [0.2, 0.25) is 0 Å². The number of amides is 1. The molecule has 27 heavy (non-hydrogen) atoms. The summed E-state index contributed by atoms with van der Waals surface area (Å²) in [5.74, 6) is -3.10. The van der Waals surface area contributed by atoms with E-state index in [4.69, 9.17) is 9.15 Å². The summed E-state index contributed by atoms with van der Waals surface area (Å²) in [5.41, 5.74) is 2.40. The van der Waals surface area contributed by atoms with Crippen LogP contribution in [-0.2, 0) is 23.8 Å². The third kappa shape index (κ3) is 5.16. The highest BCUT2D eigenvalue weighted by Gasteiger charge is 2.28. The topological polar surface area (TPSA) is 69.3 Å². The number of hydrogen-bond donors (Lipinski definition) is 1.